The number of nitrogens with one attached hydrogen (secondary N) is 1. The van der Waals surface area contributed by atoms with Gasteiger partial charge in [0.1, 0.15) is 0 Å². The van der Waals surface area contributed by atoms with Gasteiger partial charge in [-0.3, -0.25) is 10.2 Å². The molecule has 5 nitrogen and oxygen atoms in total. The summed E-state index contributed by atoms with van der Waals surface area (Å²) in [7, 11) is 0. The van der Waals surface area contributed by atoms with Crippen molar-refractivity contribution in [1.29, 1.82) is 0 Å². The van der Waals surface area contributed by atoms with E-state index in [1.165, 1.54) is 12.8 Å². The second-order valence-electron chi connectivity index (χ2n) is 4.30. The van der Waals surface area contributed by atoms with Crippen LogP contribution in [-0.4, -0.2) is 42.2 Å². The van der Waals surface area contributed by atoms with Gasteiger partial charge in [0, 0.05) is 13.0 Å². The van der Waals surface area contributed by atoms with Crippen LogP contribution in [0.2, 0.25) is 0 Å². The Morgan fingerprint density at radius 1 is 1.18 bits per heavy atom. The lowest BCUT2D eigenvalue weighted by Crippen LogP contribution is -2.30. The molecule has 0 radical (unpaired) electrons. The van der Waals surface area contributed by atoms with Gasteiger partial charge >= 0.3 is 0 Å². The van der Waals surface area contributed by atoms with Crippen LogP contribution in [0.3, 0.4) is 0 Å². The number of unbranched alkanes of at least 4 members (excludes halogenated alkanes) is 3. The van der Waals surface area contributed by atoms with Crippen molar-refractivity contribution in [2.75, 3.05) is 26.2 Å². The molecule has 0 bridgehead atoms. The number of aliphatic hydroxyl groups is 1. The molecule has 4 N–H and O–H groups in total. The fourth-order valence-electron chi connectivity index (χ4n) is 1.73. The Morgan fingerprint density at radius 3 is 2.47 bits per heavy atom. The van der Waals surface area contributed by atoms with Crippen LogP contribution in [0, 0.1) is 0 Å². The minimum Gasteiger partial charge on any atom is -0.395 e. The normalized spacial score (nSPS) is 10.8. The fourth-order valence-corrected chi connectivity index (χ4v) is 1.73. The largest absolute Gasteiger partial charge is 0.395 e. The standard InChI is InChI=1S/C12H27N3O2/c1-2-3-8-15(10-11-16)9-6-4-5-7-12(17)14-13/h16H,2-11,13H2,1H3,(H,14,17). The van der Waals surface area contributed by atoms with Gasteiger partial charge in [-0.2, -0.15) is 0 Å². The Bertz CT molecular complexity index is 189. The van der Waals surface area contributed by atoms with E-state index in [4.69, 9.17) is 10.9 Å². The molecule has 0 aromatic rings. The van der Waals surface area contributed by atoms with E-state index in [0.29, 0.717) is 6.42 Å². The van der Waals surface area contributed by atoms with Gasteiger partial charge in [-0.1, -0.05) is 19.8 Å². The molecule has 17 heavy (non-hydrogen) atoms. The zero-order chi connectivity index (χ0) is 12.9. The number of carbonyl (C=O) groups is 1. The lowest BCUT2D eigenvalue weighted by molar-refractivity contribution is -0.121. The molecule has 0 aliphatic carbocycles. The molecule has 0 unspecified atom stereocenters. The van der Waals surface area contributed by atoms with E-state index < -0.39 is 0 Å². The maximum atomic E-state index is 10.9. The summed E-state index contributed by atoms with van der Waals surface area (Å²) in [5.74, 6) is 4.90. The van der Waals surface area contributed by atoms with Crippen molar-refractivity contribution in [3.63, 3.8) is 0 Å². The molecule has 0 saturated heterocycles. The molecule has 0 rings (SSSR count). The molecule has 0 aromatic heterocycles. The first-order chi connectivity index (χ1) is 8.24. The predicted octanol–water partition coefficient (Wildman–Crippen LogP) is 0.631. The van der Waals surface area contributed by atoms with Crippen LogP contribution in [-0.2, 0) is 4.79 Å². The molecular formula is C12H27N3O2. The van der Waals surface area contributed by atoms with Crippen molar-refractivity contribution in [3.05, 3.63) is 0 Å². The predicted molar refractivity (Wildman–Crippen MR) is 69.2 cm³/mol. The highest BCUT2D eigenvalue weighted by molar-refractivity contribution is 5.74. The van der Waals surface area contributed by atoms with Crippen molar-refractivity contribution < 1.29 is 9.90 Å². The van der Waals surface area contributed by atoms with Gasteiger partial charge in [-0.25, -0.2) is 5.84 Å². The first-order valence-electron chi connectivity index (χ1n) is 6.57. The number of nitrogens with two attached hydrogens (primary N) is 1. The summed E-state index contributed by atoms with van der Waals surface area (Å²) in [5.41, 5.74) is 2.13. The molecule has 102 valence electrons. The summed E-state index contributed by atoms with van der Waals surface area (Å²) < 4.78 is 0. The summed E-state index contributed by atoms with van der Waals surface area (Å²) in [4.78, 5) is 13.2. The van der Waals surface area contributed by atoms with Crippen LogP contribution in [0.5, 0.6) is 0 Å². The van der Waals surface area contributed by atoms with Crippen molar-refractivity contribution in [2.24, 2.45) is 5.84 Å². The van der Waals surface area contributed by atoms with Crippen LogP contribution in [0.1, 0.15) is 45.4 Å². The van der Waals surface area contributed by atoms with Crippen molar-refractivity contribution in [1.82, 2.24) is 10.3 Å². The molecule has 0 spiro atoms. The number of rotatable bonds is 11. The lowest BCUT2D eigenvalue weighted by atomic mass is 10.2. The third kappa shape index (κ3) is 10.2. The summed E-state index contributed by atoms with van der Waals surface area (Å²) in [5, 5.41) is 8.93. The lowest BCUT2D eigenvalue weighted by Gasteiger charge is -2.20. The second-order valence-corrected chi connectivity index (χ2v) is 4.30. The number of hydrazine groups is 1. The van der Waals surface area contributed by atoms with Crippen LogP contribution >= 0.6 is 0 Å². The molecular weight excluding hydrogens is 218 g/mol. The van der Waals surface area contributed by atoms with Crippen molar-refractivity contribution in [3.8, 4) is 0 Å². The van der Waals surface area contributed by atoms with Gasteiger partial charge in [0.2, 0.25) is 5.91 Å². The first kappa shape index (κ1) is 16.4. The van der Waals surface area contributed by atoms with Crippen LogP contribution in [0.25, 0.3) is 0 Å². The number of carbonyl (C=O) groups excluding carboxylic acids is 1. The Balaban J connectivity index is 3.49. The maximum Gasteiger partial charge on any atom is 0.233 e. The third-order valence-electron chi connectivity index (χ3n) is 2.78. The van der Waals surface area contributed by atoms with E-state index in [-0.39, 0.29) is 12.5 Å². The van der Waals surface area contributed by atoms with Crippen LogP contribution in [0.15, 0.2) is 0 Å². The summed E-state index contributed by atoms with van der Waals surface area (Å²) in [6, 6.07) is 0. The molecule has 0 aliphatic rings. The van der Waals surface area contributed by atoms with Crippen LogP contribution < -0.4 is 11.3 Å². The van der Waals surface area contributed by atoms with Crippen LogP contribution in [0.4, 0.5) is 0 Å². The summed E-state index contributed by atoms with van der Waals surface area (Å²) in [6.45, 7) is 5.20. The maximum absolute atomic E-state index is 10.9. The average Bonchev–Trinajstić information content (AvgIpc) is 2.34. The van der Waals surface area contributed by atoms with Gasteiger partial charge in [-0.05, 0) is 32.4 Å². The zero-order valence-electron chi connectivity index (χ0n) is 11.0. The molecule has 0 saturated carbocycles. The minimum absolute atomic E-state index is 0.0943. The van der Waals surface area contributed by atoms with E-state index in [1.807, 2.05) is 0 Å². The van der Waals surface area contributed by atoms with E-state index in [1.54, 1.807) is 0 Å². The highest BCUT2D eigenvalue weighted by Gasteiger charge is 2.03. The van der Waals surface area contributed by atoms with Gasteiger partial charge < -0.3 is 10.0 Å². The Labute approximate surface area is 104 Å². The topological polar surface area (TPSA) is 78.6 Å². The number of hydrogen-bond acceptors (Lipinski definition) is 4. The average molecular weight is 245 g/mol. The molecule has 0 fully saturated rings. The molecule has 0 atom stereocenters. The van der Waals surface area contributed by atoms with Gasteiger partial charge in [0.25, 0.3) is 0 Å². The van der Waals surface area contributed by atoms with Gasteiger partial charge in [0.05, 0.1) is 6.61 Å². The second kappa shape index (κ2) is 11.8. The highest BCUT2D eigenvalue weighted by Crippen LogP contribution is 2.03. The van der Waals surface area contributed by atoms with Crippen molar-refractivity contribution in [2.45, 2.75) is 45.4 Å². The van der Waals surface area contributed by atoms with E-state index in [0.717, 1.165) is 38.9 Å². The Morgan fingerprint density at radius 2 is 1.88 bits per heavy atom. The first-order valence-corrected chi connectivity index (χ1v) is 6.57. The van der Waals surface area contributed by atoms with E-state index >= 15 is 0 Å². The Kier molecular flexibility index (Phi) is 11.4. The van der Waals surface area contributed by atoms with Crippen molar-refractivity contribution >= 4 is 5.91 Å². The summed E-state index contributed by atoms with van der Waals surface area (Å²) >= 11 is 0. The smallest absolute Gasteiger partial charge is 0.233 e. The molecule has 0 aromatic carbocycles. The van der Waals surface area contributed by atoms with E-state index in [2.05, 4.69) is 17.2 Å². The van der Waals surface area contributed by atoms with Gasteiger partial charge in [-0.15, -0.1) is 0 Å². The number of amides is 1. The quantitative estimate of drug-likeness (QED) is 0.216. The SMILES string of the molecule is CCCCN(CCO)CCCCCC(=O)NN. The molecule has 0 aliphatic heterocycles. The molecule has 0 heterocycles. The third-order valence-corrected chi connectivity index (χ3v) is 2.78. The minimum atomic E-state index is -0.0943. The Hall–Kier alpha value is -0.650. The fraction of sp³-hybridized carbons (Fsp3) is 0.917. The highest BCUT2D eigenvalue weighted by atomic mass is 16.3. The summed E-state index contributed by atoms with van der Waals surface area (Å²) in [6.07, 6.45) is 5.84. The number of hydrogen-bond donors (Lipinski definition) is 3. The zero-order valence-corrected chi connectivity index (χ0v) is 11.0. The molecule has 5 heteroatoms. The van der Waals surface area contributed by atoms with E-state index in [9.17, 15) is 4.79 Å². The molecule has 1 amide bonds. The van der Waals surface area contributed by atoms with Gasteiger partial charge in [0.15, 0.2) is 0 Å². The number of nitrogens with zero attached hydrogens (tertiary/aromatic N) is 1. The monoisotopic (exact) mass is 245 g/mol. The number of aliphatic hydroxyl groups excluding tert-OH is 1.